The lowest BCUT2D eigenvalue weighted by atomic mass is 9.97. The van der Waals surface area contributed by atoms with Crippen LogP contribution in [0.2, 0.25) is 0 Å². The molecular weight excluding hydrogens is 528 g/mol. The molecule has 0 N–H and O–H groups in total. The number of hydrogen-bond donors (Lipinski definition) is 0. The Bertz CT molecular complexity index is 2410. The number of nitrogens with zero attached hydrogens (tertiary/aromatic N) is 4. The Hall–Kier alpha value is -5.81. The zero-order valence-electron chi connectivity index (χ0n) is 23.3. The van der Waals surface area contributed by atoms with E-state index in [1.165, 1.54) is 16.5 Å². The fourth-order valence-electron chi connectivity index (χ4n) is 6.65. The normalized spacial score (nSPS) is 11.9. The number of para-hydroxylation sites is 3. The highest BCUT2D eigenvalue weighted by Gasteiger charge is 2.28. The van der Waals surface area contributed by atoms with Gasteiger partial charge in [0.2, 0.25) is 0 Å². The third-order valence-corrected chi connectivity index (χ3v) is 8.62. The Balaban J connectivity index is 1.17. The van der Waals surface area contributed by atoms with Gasteiger partial charge < -0.3 is 4.57 Å². The Morgan fingerprint density at radius 2 is 1.40 bits per heavy atom. The third kappa shape index (κ3) is 3.36. The van der Waals surface area contributed by atoms with Gasteiger partial charge in [0.1, 0.15) is 5.82 Å². The van der Waals surface area contributed by atoms with Crippen LogP contribution in [0.25, 0.3) is 78.0 Å². The van der Waals surface area contributed by atoms with E-state index in [1.54, 1.807) is 6.92 Å². The number of hydrogen-bond acceptors (Lipinski definition) is 3. The van der Waals surface area contributed by atoms with Gasteiger partial charge in [-0.3, -0.25) is 14.3 Å². The summed E-state index contributed by atoms with van der Waals surface area (Å²) in [6.45, 7) is 1.61. The Morgan fingerprint density at radius 1 is 0.651 bits per heavy atom. The molecule has 2 aliphatic heterocycles. The number of carbonyl (C=O) groups excluding carboxylic acids is 1. The lowest BCUT2D eigenvalue weighted by Crippen LogP contribution is -2.06. The second-order valence-electron chi connectivity index (χ2n) is 11.1. The maximum Gasteiger partial charge on any atom is 0.160 e. The van der Waals surface area contributed by atoms with Crippen molar-refractivity contribution in [1.29, 1.82) is 0 Å². The van der Waals surface area contributed by atoms with Crippen molar-refractivity contribution < 1.29 is 4.79 Å². The van der Waals surface area contributed by atoms with Crippen molar-refractivity contribution in [1.82, 2.24) is 19.1 Å². The van der Waals surface area contributed by atoms with Crippen LogP contribution >= 0.6 is 0 Å². The molecule has 5 heterocycles. The second-order valence-corrected chi connectivity index (χ2v) is 11.1. The molecule has 0 aliphatic carbocycles. The minimum absolute atomic E-state index is 0.0374. The van der Waals surface area contributed by atoms with Crippen molar-refractivity contribution >= 4 is 38.6 Å². The van der Waals surface area contributed by atoms with Crippen molar-refractivity contribution in [2.75, 3.05) is 0 Å². The van der Waals surface area contributed by atoms with Crippen LogP contribution in [0.3, 0.4) is 0 Å². The van der Waals surface area contributed by atoms with Crippen LogP contribution in [0.5, 0.6) is 0 Å². The van der Waals surface area contributed by atoms with Gasteiger partial charge in [0.25, 0.3) is 0 Å². The first-order valence-corrected chi connectivity index (χ1v) is 14.4. The average Bonchev–Trinajstić information content (AvgIpc) is 3.51. The second kappa shape index (κ2) is 8.84. The Labute approximate surface area is 247 Å². The van der Waals surface area contributed by atoms with E-state index in [0.29, 0.717) is 5.56 Å². The van der Waals surface area contributed by atoms with Gasteiger partial charge in [0, 0.05) is 44.9 Å². The van der Waals surface area contributed by atoms with E-state index in [2.05, 4.69) is 94.1 Å². The maximum atomic E-state index is 12.5. The molecule has 5 heteroatoms. The number of ketones is 1. The number of imidazole rings is 1. The van der Waals surface area contributed by atoms with Crippen LogP contribution in [0.4, 0.5) is 0 Å². The molecule has 202 valence electrons. The number of benzene rings is 5. The van der Waals surface area contributed by atoms with Gasteiger partial charge >= 0.3 is 0 Å². The predicted octanol–water partition coefficient (Wildman–Crippen LogP) is 9.03. The Morgan fingerprint density at radius 3 is 2.23 bits per heavy atom. The highest BCUT2D eigenvalue weighted by atomic mass is 16.1. The topological polar surface area (TPSA) is 52.7 Å². The largest absolute Gasteiger partial charge is 0.306 e. The van der Waals surface area contributed by atoms with E-state index < -0.39 is 0 Å². The van der Waals surface area contributed by atoms with E-state index in [1.807, 2.05) is 42.6 Å². The molecule has 4 bridgehead atoms. The van der Waals surface area contributed by atoms with E-state index in [0.717, 1.165) is 61.5 Å². The molecule has 0 spiro atoms. The summed E-state index contributed by atoms with van der Waals surface area (Å²) in [5.41, 5.74) is 12.3. The SMILES string of the molecule is CC(=O)c1ccccc1-c1nccc2c3cc(-c4ccc(-c5nc6ccccc6n5-c5ccccc5)cc4)c4cc3n-4c12. The number of rotatable bonds is 5. The molecule has 0 radical (unpaired) electrons. The molecule has 2 aliphatic rings. The summed E-state index contributed by atoms with van der Waals surface area (Å²) in [4.78, 5) is 22.3. The first kappa shape index (κ1) is 23.9. The molecule has 0 amide bonds. The van der Waals surface area contributed by atoms with E-state index in [9.17, 15) is 4.79 Å². The van der Waals surface area contributed by atoms with Crippen molar-refractivity contribution in [3.05, 3.63) is 133 Å². The molecule has 8 aromatic rings. The van der Waals surface area contributed by atoms with Crippen LogP contribution in [-0.2, 0) is 0 Å². The molecular formula is C38H24N4O. The number of carbonyl (C=O) groups is 1. The van der Waals surface area contributed by atoms with E-state index in [4.69, 9.17) is 9.97 Å². The Kier molecular flexibility index (Phi) is 4.91. The van der Waals surface area contributed by atoms with Crippen LogP contribution in [-0.4, -0.2) is 24.9 Å². The smallest absolute Gasteiger partial charge is 0.160 e. The summed E-state index contributed by atoms with van der Waals surface area (Å²) in [7, 11) is 0. The quantitative estimate of drug-likeness (QED) is 0.200. The minimum Gasteiger partial charge on any atom is -0.306 e. The van der Waals surface area contributed by atoms with Gasteiger partial charge in [-0.1, -0.05) is 78.9 Å². The summed E-state index contributed by atoms with van der Waals surface area (Å²) < 4.78 is 4.54. The average molecular weight is 553 g/mol. The number of fused-ring (bicyclic) bond motifs is 3. The fraction of sp³-hybridized carbons (Fsp3) is 0.0263. The summed E-state index contributed by atoms with van der Waals surface area (Å²) in [5.74, 6) is 0.954. The number of pyridine rings is 2. The monoisotopic (exact) mass is 552 g/mol. The first-order valence-electron chi connectivity index (χ1n) is 14.4. The predicted molar refractivity (Wildman–Crippen MR) is 173 cm³/mol. The fourth-order valence-corrected chi connectivity index (χ4v) is 6.65. The number of Topliss-reactive ketones (excluding diaryl/α,β-unsaturated/α-hetero) is 1. The minimum atomic E-state index is 0.0374. The molecule has 10 rings (SSSR count). The molecule has 43 heavy (non-hydrogen) atoms. The van der Waals surface area contributed by atoms with Gasteiger partial charge in [-0.2, -0.15) is 0 Å². The van der Waals surface area contributed by atoms with Gasteiger partial charge in [0.15, 0.2) is 5.78 Å². The molecule has 0 saturated heterocycles. The molecule has 0 unspecified atom stereocenters. The molecule has 3 aromatic heterocycles. The molecule has 5 nitrogen and oxygen atoms in total. The molecule has 0 fully saturated rings. The standard InChI is InChI=1S/C38H24N4O/c1-23(43)27-11-5-6-12-28(27)36-37-29(19-20-39-36)31-21-30(34-22-35(31)42(34)37)24-15-17-25(18-16-24)38-40-32-13-7-8-14-33(32)41(38)26-9-3-2-4-10-26/h2-22H,1H3. The zero-order valence-corrected chi connectivity index (χ0v) is 23.3. The third-order valence-electron chi connectivity index (χ3n) is 8.62. The lowest BCUT2D eigenvalue weighted by molar-refractivity contribution is 0.101. The van der Waals surface area contributed by atoms with Gasteiger partial charge in [-0.05, 0) is 55.0 Å². The zero-order chi connectivity index (χ0) is 28.7. The molecule has 0 atom stereocenters. The van der Waals surface area contributed by atoms with Crippen LogP contribution < -0.4 is 0 Å². The van der Waals surface area contributed by atoms with Crippen LogP contribution in [0.1, 0.15) is 17.3 Å². The summed E-state index contributed by atoms with van der Waals surface area (Å²) in [6, 6.07) is 41.8. The van der Waals surface area contributed by atoms with Crippen LogP contribution in [0.15, 0.2) is 128 Å². The van der Waals surface area contributed by atoms with Crippen LogP contribution in [0, 0.1) is 0 Å². The van der Waals surface area contributed by atoms with Crippen molar-refractivity contribution in [3.63, 3.8) is 0 Å². The molecule has 5 aromatic carbocycles. The summed E-state index contributed by atoms with van der Waals surface area (Å²) >= 11 is 0. The van der Waals surface area contributed by atoms with Gasteiger partial charge in [-0.25, -0.2) is 4.98 Å². The van der Waals surface area contributed by atoms with Crippen molar-refractivity contribution in [3.8, 4) is 45.1 Å². The lowest BCUT2D eigenvalue weighted by Gasteiger charge is -2.22. The summed E-state index contributed by atoms with van der Waals surface area (Å²) in [6.07, 6.45) is 1.85. The summed E-state index contributed by atoms with van der Waals surface area (Å²) in [5, 5.41) is 2.34. The van der Waals surface area contributed by atoms with E-state index >= 15 is 0 Å². The van der Waals surface area contributed by atoms with E-state index in [-0.39, 0.29) is 5.78 Å². The molecule has 0 saturated carbocycles. The first-order chi connectivity index (χ1) is 21.2. The highest BCUT2D eigenvalue weighted by molar-refractivity contribution is 6.19. The number of aromatic nitrogens is 4. The van der Waals surface area contributed by atoms with Crippen molar-refractivity contribution in [2.24, 2.45) is 0 Å². The van der Waals surface area contributed by atoms with Gasteiger partial charge in [0.05, 0.1) is 33.4 Å². The van der Waals surface area contributed by atoms with Crippen molar-refractivity contribution in [2.45, 2.75) is 6.92 Å². The maximum absolute atomic E-state index is 12.5. The van der Waals surface area contributed by atoms with Gasteiger partial charge in [-0.15, -0.1) is 0 Å². The highest BCUT2D eigenvalue weighted by Crippen LogP contribution is 2.47.